The predicted octanol–water partition coefficient (Wildman–Crippen LogP) is 3.61. The zero-order valence-corrected chi connectivity index (χ0v) is 12.6. The molecule has 1 aromatic carbocycles. The molecule has 6 heteroatoms. The summed E-state index contributed by atoms with van der Waals surface area (Å²) >= 11 is 5.55. The Bertz CT molecular complexity index is 501. The van der Waals surface area contributed by atoms with Gasteiger partial charge >= 0.3 is 5.69 Å². The quantitative estimate of drug-likeness (QED) is 0.617. The van der Waals surface area contributed by atoms with Gasteiger partial charge in [-0.25, -0.2) is 0 Å². The SMILES string of the molecule is C/C(=C\Cl)COc1cc(CNC(C)C)ccc1[N+](=O)[O-]. The monoisotopic (exact) mass is 298 g/mol. The Balaban J connectivity index is 2.90. The normalized spacial score (nSPS) is 11.8. The first-order valence-electron chi connectivity index (χ1n) is 6.33. The van der Waals surface area contributed by atoms with Crippen molar-refractivity contribution in [2.24, 2.45) is 0 Å². The average Bonchev–Trinajstić information content (AvgIpc) is 2.42. The molecule has 0 radical (unpaired) electrons. The molecule has 1 rings (SSSR count). The van der Waals surface area contributed by atoms with Gasteiger partial charge in [0.1, 0.15) is 6.61 Å². The van der Waals surface area contributed by atoms with E-state index in [9.17, 15) is 10.1 Å². The zero-order valence-electron chi connectivity index (χ0n) is 11.9. The van der Waals surface area contributed by atoms with Crippen LogP contribution in [0.1, 0.15) is 26.3 Å². The van der Waals surface area contributed by atoms with Gasteiger partial charge in [-0.2, -0.15) is 0 Å². The summed E-state index contributed by atoms with van der Waals surface area (Å²) < 4.78 is 5.48. The van der Waals surface area contributed by atoms with Crippen LogP contribution in [0.25, 0.3) is 0 Å². The van der Waals surface area contributed by atoms with Gasteiger partial charge in [0.05, 0.1) is 4.92 Å². The lowest BCUT2D eigenvalue weighted by Crippen LogP contribution is -2.21. The summed E-state index contributed by atoms with van der Waals surface area (Å²) in [5.41, 5.74) is 3.09. The topological polar surface area (TPSA) is 64.4 Å². The summed E-state index contributed by atoms with van der Waals surface area (Å²) in [6.45, 7) is 6.74. The number of nitrogens with one attached hydrogen (secondary N) is 1. The predicted molar refractivity (Wildman–Crippen MR) is 80.2 cm³/mol. The zero-order chi connectivity index (χ0) is 15.1. The van der Waals surface area contributed by atoms with Crippen LogP contribution in [0.4, 0.5) is 5.69 Å². The minimum atomic E-state index is -0.450. The number of nitro benzene ring substituents is 1. The first kappa shape index (κ1) is 16.5. The number of benzene rings is 1. The average molecular weight is 299 g/mol. The summed E-state index contributed by atoms with van der Waals surface area (Å²) in [7, 11) is 0. The first-order chi connectivity index (χ1) is 9.43. The van der Waals surface area contributed by atoms with E-state index in [0.29, 0.717) is 12.6 Å². The van der Waals surface area contributed by atoms with Crippen molar-refractivity contribution in [3.05, 3.63) is 45.0 Å². The fraction of sp³-hybridized carbons (Fsp3) is 0.429. The van der Waals surface area contributed by atoms with Crippen LogP contribution >= 0.6 is 11.6 Å². The lowest BCUT2D eigenvalue weighted by atomic mass is 10.2. The Morgan fingerprint density at radius 1 is 1.55 bits per heavy atom. The molecule has 0 amide bonds. The van der Waals surface area contributed by atoms with Gasteiger partial charge in [0.25, 0.3) is 0 Å². The standard InChI is InChI=1S/C14H19ClN2O3/c1-10(2)16-8-12-4-5-13(17(18)19)14(6-12)20-9-11(3)7-15/h4-7,10,16H,8-9H2,1-3H3/b11-7+. The van der Waals surface area contributed by atoms with Crippen molar-refractivity contribution < 1.29 is 9.66 Å². The third kappa shape index (κ3) is 5.19. The van der Waals surface area contributed by atoms with E-state index in [1.54, 1.807) is 19.1 Å². The molecule has 0 aliphatic heterocycles. The summed E-state index contributed by atoms with van der Waals surface area (Å²) in [6.07, 6.45) is 0. The van der Waals surface area contributed by atoms with Crippen molar-refractivity contribution >= 4 is 17.3 Å². The maximum atomic E-state index is 11.0. The Morgan fingerprint density at radius 3 is 2.80 bits per heavy atom. The smallest absolute Gasteiger partial charge is 0.310 e. The molecular weight excluding hydrogens is 280 g/mol. The van der Waals surface area contributed by atoms with E-state index in [0.717, 1.165) is 11.1 Å². The van der Waals surface area contributed by atoms with Crippen molar-refractivity contribution in [1.29, 1.82) is 0 Å². The fourth-order valence-corrected chi connectivity index (χ4v) is 1.54. The van der Waals surface area contributed by atoms with Crippen LogP contribution in [0.2, 0.25) is 0 Å². The number of rotatable bonds is 7. The molecule has 0 atom stereocenters. The molecule has 0 saturated carbocycles. The van der Waals surface area contributed by atoms with E-state index in [1.165, 1.54) is 11.6 Å². The van der Waals surface area contributed by atoms with Crippen LogP contribution in [0.15, 0.2) is 29.3 Å². The highest BCUT2D eigenvalue weighted by molar-refractivity contribution is 6.25. The molecule has 0 aromatic heterocycles. The van der Waals surface area contributed by atoms with E-state index < -0.39 is 4.92 Å². The second kappa shape index (κ2) is 7.87. The molecule has 0 aliphatic rings. The Morgan fingerprint density at radius 2 is 2.25 bits per heavy atom. The molecule has 0 fully saturated rings. The lowest BCUT2D eigenvalue weighted by molar-refractivity contribution is -0.385. The molecular formula is C14H19ClN2O3. The highest BCUT2D eigenvalue weighted by Crippen LogP contribution is 2.28. The van der Waals surface area contributed by atoms with Gasteiger partial charge in [0.2, 0.25) is 0 Å². The molecule has 5 nitrogen and oxygen atoms in total. The molecule has 0 bridgehead atoms. The number of hydrogen-bond acceptors (Lipinski definition) is 4. The van der Waals surface area contributed by atoms with E-state index >= 15 is 0 Å². The summed E-state index contributed by atoms with van der Waals surface area (Å²) in [5.74, 6) is 0.260. The van der Waals surface area contributed by atoms with Gasteiger partial charge in [0.15, 0.2) is 5.75 Å². The van der Waals surface area contributed by atoms with E-state index in [1.807, 2.05) is 13.8 Å². The highest BCUT2D eigenvalue weighted by atomic mass is 35.5. The van der Waals surface area contributed by atoms with Gasteiger partial charge in [-0.1, -0.05) is 31.5 Å². The Hall–Kier alpha value is -1.59. The van der Waals surface area contributed by atoms with Gasteiger partial charge in [0, 0.05) is 24.2 Å². The number of ether oxygens (including phenoxy) is 1. The second-order valence-electron chi connectivity index (χ2n) is 4.84. The third-order valence-electron chi connectivity index (χ3n) is 2.58. The molecule has 110 valence electrons. The van der Waals surface area contributed by atoms with Crippen molar-refractivity contribution in [2.45, 2.75) is 33.4 Å². The van der Waals surface area contributed by atoms with Crippen LogP contribution in [0.5, 0.6) is 5.75 Å². The Labute approximate surface area is 123 Å². The number of hydrogen-bond donors (Lipinski definition) is 1. The lowest BCUT2D eigenvalue weighted by Gasteiger charge is -2.11. The molecule has 0 heterocycles. The molecule has 1 aromatic rings. The maximum Gasteiger partial charge on any atom is 0.310 e. The van der Waals surface area contributed by atoms with Crippen LogP contribution in [0.3, 0.4) is 0 Å². The number of nitro groups is 1. The Kier molecular flexibility index (Phi) is 6.48. The van der Waals surface area contributed by atoms with Crippen molar-refractivity contribution in [1.82, 2.24) is 5.32 Å². The molecule has 20 heavy (non-hydrogen) atoms. The van der Waals surface area contributed by atoms with Crippen LogP contribution in [-0.2, 0) is 6.54 Å². The van der Waals surface area contributed by atoms with E-state index in [2.05, 4.69) is 5.32 Å². The minimum absolute atomic E-state index is 0.0410. The first-order valence-corrected chi connectivity index (χ1v) is 6.77. The van der Waals surface area contributed by atoms with Crippen LogP contribution < -0.4 is 10.1 Å². The van der Waals surface area contributed by atoms with Crippen molar-refractivity contribution in [2.75, 3.05) is 6.61 Å². The third-order valence-corrected chi connectivity index (χ3v) is 2.95. The van der Waals surface area contributed by atoms with Crippen LogP contribution in [-0.4, -0.2) is 17.6 Å². The summed E-state index contributed by atoms with van der Waals surface area (Å²) in [5, 5.41) is 14.2. The largest absolute Gasteiger partial charge is 0.482 e. The van der Waals surface area contributed by atoms with E-state index in [-0.39, 0.29) is 18.0 Å². The van der Waals surface area contributed by atoms with Crippen molar-refractivity contribution in [3.63, 3.8) is 0 Å². The van der Waals surface area contributed by atoms with Gasteiger partial charge < -0.3 is 10.1 Å². The minimum Gasteiger partial charge on any atom is -0.482 e. The van der Waals surface area contributed by atoms with E-state index in [4.69, 9.17) is 16.3 Å². The second-order valence-corrected chi connectivity index (χ2v) is 5.06. The number of nitrogens with zero attached hydrogens (tertiary/aromatic N) is 1. The number of halogens is 1. The fourth-order valence-electron chi connectivity index (χ4n) is 1.48. The molecule has 0 saturated heterocycles. The van der Waals surface area contributed by atoms with Crippen molar-refractivity contribution in [3.8, 4) is 5.75 Å². The maximum absolute atomic E-state index is 11.0. The molecule has 0 unspecified atom stereocenters. The summed E-state index contributed by atoms with van der Waals surface area (Å²) in [4.78, 5) is 10.5. The summed E-state index contributed by atoms with van der Waals surface area (Å²) in [6, 6.07) is 5.22. The molecule has 0 spiro atoms. The highest BCUT2D eigenvalue weighted by Gasteiger charge is 2.15. The van der Waals surface area contributed by atoms with Gasteiger partial charge in [-0.15, -0.1) is 0 Å². The molecule has 0 aliphatic carbocycles. The molecule has 1 N–H and O–H groups in total. The van der Waals surface area contributed by atoms with Gasteiger partial charge in [-0.05, 0) is 24.1 Å². The van der Waals surface area contributed by atoms with Crippen LogP contribution in [0, 0.1) is 10.1 Å². The van der Waals surface area contributed by atoms with Gasteiger partial charge in [-0.3, -0.25) is 10.1 Å².